The summed E-state index contributed by atoms with van der Waals surface area (Å²) in [6, 6.07) is 3.15. The van der Waals surface area contributed by atoms with Crippen LogP contribution in [0.25, 0.3) is 11.2 Å². The number of hydrogen-bond donors (Lipinski definition) is 1. The van der Waals surface area contributed by atoms with Crippen LogP contribution in [-0.4, -0.2) is 38.3 Å². The third kappa shape index (κ3) is 1.69. The molecule has 0 aromatic carbocycles. The second kappa shape index (κ2) is 3.99. The smallest absolute Gasteiger partial charge is 0.252 e. The van der Waals surface area contributed by atoms with Crippen LogP contribution in [-0.2, 0) is 9.59 Å². The average Bonchev–Trinajstić information content (AvgIpc) is 2.80. The van der Waals surface area contributed by atoms with E-state index >= 15 is 0 Å². The quantitative estimate of drug-likeness (QED) is 0.630. The van der Waals surface area contributed by atoms with Gasteiger partial charge in [0.2, 0.25) is 5.91 Å². The molecule has 0 radical (unpaired) electrons. The van der Waals surface area contributed by atoms with Crippen LogP contribution < -0.4 is 0 Å². The van der Waals surface area contributed by atoms with Gasteiger partial charge in [-0.3, -0.25) is 19.1 Å². The molecule has 0 bridgehead atoms. The lowest BCUT2D eigenvalue weighted by atomic mass is 10.2. The van der Waals surface area contributed by atoms with E-state index in [-0.39, 0.29) is 18.2 Å². The number of imide groups is 1. The van der Waals surface area contributed by atoms with Gasteiger partial charge in [-0.15, -0.1) is 0 Å². The molecule has 1 unspecified atom stereocenters. The van der Waals surface area contributed by atoms with Crippen LogP contribution in [0, 0.1) is 11.7 Å². The number of nitrogens with zero attached hydrogens (tertiary/aromatic N) is 3. The Labute approximate surface area is 114 Å². The highest BCUT2D eigenvalue weighted by Gasteiger charge is 2.38. The Hall–Kier alpha value is -2.02. The summed E-state index contributed by atoms with van der Waals surface area (Å²) in [6.45, 7) is 1.87. The lowest BCUT2D eigenvalue weighted by molar-refractivity contribution is -0.137. The van der Waals surface area contributed by atoms with Crippen molar-refractivity contribution in [2.75, 3.05) is 7.05 Å². The molecule has 0 saturated carbocycles. The van der Waals surface area contributed by atoms with Crippen LogP contribution in [0.5, 0.6) is 0 Å². The molecule has 1 aliphatic rings. The van der Waals surface area contributed by atoms with E-state index in [1.807, 2.05) is 19.1 Å². The minimum atomic E-state index is -0.590. The number of fused-ring (bicyclic) bond motifs is 1. The van der Waals surface area contributed by atoms with Gasteiger partial charge in [-0.2, -0.15) is 0 Å². The van der Waals surface area contributed by atoms with Crippen molar-refractivity contribution in [3.05, 3.63) is 22.6 Å². The number of carbonyl (C=O) groups excluding carboxylic acids is 2. The molecule has 1 N–H and O–H groups in total. The molecule has 1 fully saturated rings. The molecular weight excluding hydrogens is 264 g/mol. The Balaban J connectivity index is 2.23. The first-order chi connectivity index (χ1) is 8.99. The molecule has 0 aliphatic carbocycles. The molecule has 1 saturated heterocycles. The summed E-state index contributed by atoms with van der Waals surface area (Å²) in [6.07, 6.45) is 0.131. The third-order valence-electron chi connectivity index (χ3n) is 3.37. The van der Waals surface area contributed by atoms with Gasteiger partial charge in [-0.05, 0) is 31.3 Å². The molecular formula is C12H12N4O2S. The van der Waals surface area contributed by atoms with Crippen LogP contribution >= 0.6 is 12.2 Å². The molecule has 1 aliphatic heterocycles. The van der Waals surface area contributed by atoms with Crippen molar-refractivity contribution < 1.29 is 9.59 Å². The minimum Gasteiger partial charge on any atom is -0.329 e. The van der Waals surface area contributed by atoms with Crippen molar-refractivity contribution in [1.82, 2.24) is 19.4 Å². The Morgan fingerprint density at radius 2 is 2.16 bits per heavy atom. The number of likely N-dealkylation sites (N-methyl/N-ethyl adjacent to an activating group) is 1. The van der Waals surface area contributed by atoms with E-state index in [2.05, 4.69) is 9.97 Å². The Morgan fingerprint density at radius 1 is 1.42 bits per heavy atom. The number of nitrogens with one attached hydrogen (secondary N) is 1. The van der Waals surface area contributed by atoms with Crippen molar-refractivity contribution in [3.8, 4) is 0 Å². The van der Waals surface area contributed by atoms with Gasteiger partial charge in [-0.1, -0.05) is 0 Å². The normalized spacial score (nSPS) is 19.7. The van der Waals surface area contributed by atoms with Crippen LogP contribution in [0.4, 0.5) is 0 Å². The summed E-state index contributed by atoms with van der Waals surface area (Å²) < 4.78 is 2.05. The topological polar surface area (TPSA) is 71.0 Å². The van der Waals surface area contributed by atoms with Crippen LogP contribution in [0.2, 0.25) is 0 Å². The number of carbonyl (C=O) groups is 2. The number of likely N-dealkylation sites (tertiary alicyclic amines) is 1. The molecule has 2 aromatic rings. The van der Waals surface area contributed by atoms with Gasteiger partial charge in [-0.25, -0.2) is 4.98 Å². The van der Waals surface area contributed by atoms with E-state index in [4.69, 9.17) is 12.2 Å². The summed E-state index contributed by atoms with van der Waals surface area (Å²) >= 11 is 5.25. The predicted octanol–water partition coefficient (Wildman–Crippen LogP) is 1.33. The summed E-state index contributed by atoms with van der Waals surface area (Å²) in [4.78, 5) is 32.3. The maximum atomic E-state index is 12.1. The second-order valence-electron chi connectivity index (χ2n) is 4.63. The molecule has 7 heteroatoms. The van der Waals surface area contributed by atoms with E-state index in [1.165, 1.54) is 7.05 Å². The highest BCUT2D eigenvalue weighted by Crippen LogP contribution is 2.27. The van der Waals surface area contributed by atoms with Gasteiger partial charge in [0, 0.05) is 12.7 Å². The van der Waals surface area contributed by atoms with Gasteiger partial charge in [0.25, 0.3) is 5.91 Å². The molecule has 98 valence electrons. The SMILES string of the molecule is Cc1ccc2[nH]c(=S)n(C3CC(=O)N(C)C3=O)c2n1. The average molecular weight is 276 g/mol. The van der Waals surface area contributed by atoms with Crippen LogP contribution in [0.15, 0.2) is 12.1 Å². The fourth-order valence-corrected chi connectivity index (χ4v) is 2.65. The summed E-state index contributed by atoms with van der Waals surface area (Å²) in [7, 11) is 1.49. The number of imidazole rings is 1. The lowest BCUT2D eigenvalue weighted by Gasteiger charge is -2.11. The number of aromatic amines is 1. The monoisotopic (exact) mass is 276 g/mol. The predicted molar refractivity (Wildman–Crippen MR) is 71.1 cm³/mol. The van der Waals surface area contributed by atoms with Crippen molar-refractivity contribution in [2.24, 2.45) is 0 Å². The minimum absolute atomic E-state index is 0.131. The van der Waals surface area contributed by atoms with Gasteiger partial charge in [0.05, 0.1) is 11.9 Å². The number of aryl methyl sites for hydroxylation is 1. The Morgan fingerprint density at radius 3 is 2.79 bits per heavy atom. The largest absolute Gasteiger partial charge is 0.329 e. The first-order valence-electron chi connectivity index (χ1n) is 5.87. The number of amides is 2. The zero-order chi connectivity index (χ0) is 13.7. The van der Waals surface area contributed by atoms with E-state index in [1.54, 1.807) is 4.57 Å². The number of H-pyrrole nitrogens is 1. The molecule has 2 amide bonds. The molecule has 0 spiro atoms. The number of aromatic nitrogens is 3. The first kappa shape index (κ1) is 12.0. The van der Waals surface area contributed by atoms with Crippen molar-refractivity contribution in [3.63, 3.8) is 0 Å². The molecule has 2 aromatic heterocycles. The third-order valence-corrected chi connectivity index (χ3v) is 3.67. The molecule has 3 rings (SSSR count). The first-order valence-corrected chi connectivity index (χ1v) is 6.28. The fraction of sp³-hybridized carbons (Fsp3) is 0.333. The van der Waals surface area contributed by atoms with E-state index in [9.17, 15) is 9.59 Å². The maximum absolute atomic E-state index is 12.1. The van der Waals surface area contributed by atoms with Gasteiger partial charge in [0.15, 0.2) is 10.4 Å². The fourth-order valence-electron chi connectivity index (χ4n) is 2.32. The van der Waals surface area contributed by atoms with Crippen molar-refractivity contribution in [2.45, 2.75) is 19.4 Å². The summed E-state index contributed by atoms with van der Waals surface area (Å²) in [5.41, 5.74) is 2.22. The van der Waals surface area contributed by atoms with Gasteiger partial charge < -0.3 is 4.98 Å². The Kier molecular flexibility index (Phi) is 2.53. The molecule has 1 atom stereocenters. The summed E-state index contributed by atoms with van der Waals surface area (Å²) in [5.74, 6) is -0.441. The van der Waals surface area contributed by atoms with E-state index < -0.39 is 6.04 Å². The number of rotatable bonds is 1. The zero-order valence-corrected chi connectivity index (χ0v) is 11.3. The second-order valence-corrected chi connectivity index (χ2v) is 5.02. The summed E-state index contributed by atoms with van der Waals surface area (Å²) in [5, 5.41) is 0. The number of hydrogen-bond acceptors (Lipinski definition) is 4. The van der Waals surface area contributed by atoms with Gasteiger partial charge in [0.1, 0.15) is 6.04 Å². The maximum Gasteiger partial charge on any atom is 0.252 e. The van der Waals surface area contributed by atoms with Gasteiger partial charge >= 0.3 is 0 Å². The van der Waals surface area contributed by atoms with Crippen LogP contribution in [0.3, 0.4) is 0 Å². The van der Waals surface area contributed by atoms with Crippen molar-refractivity contribution >= 4 is 35.2 Å². The zero-order valence-electron chi connectivity index (χ0n) is 10.5. The molecule has 19 heavy (non-hydrogen) atoms. The van der Waals surface area contributed by atoms with Crippen LogP contribution in [0.1, 0.15) is 18.2 Å². The van der Waals surface area contributed by atoms with E-state index in [0.717, 1.165) is 16.1 Å². The van der Waals surface area contributed by atoms with Crippen molar-refractivity contribution in [1.29, 1.82) is 0 Å². The standard InChI is InChI=1S/C12H12N4O2S/c1-6-3-4-7-10(13-6)16(12(19)14-7)8-5-9(17)15(2)11(8)18/h3-4,8H,5H2,1-2H3,(H,14,19). The molecule has 3 heterocycles. The Bertz CT molecular complexity index is 761. The molecule has 6 nitrogen and oxygen atoms in total. The highest BCUT2D eigenvalue weighted by molar-refractivity contribution is 7.71. The highest BCUT2D eigenvalue weighted by atomic mass is 32.1. The number of pyridine rings is 1. The van der Waals surface area contributed by atoms with E-state index in [0.29, 0.717) is 10.4 Å². The lowest BCUT2D eigenvalue weighted by Crippen LogP contribution is -2.27.